The van der Waals surface area contributed by atoms with Crippen molar-refractivity contribution in [3.05, 3.63) is 35.4 Å². The predicted molar refractivity (Wildman–Crippen MR) is 74.8 cm³/mol. The maximum absolute atomic E-state index is 12.2. The lowest BCUT2D eigenvalue weighted by Gasteiger charge is -2.34. The van der Waals surface area contributed by atoms with Crippen LogP contribution in [0.3, 0.4) is 0 Å². The Labute approximate surface area is 111 Å². The van der Waals surface area contributed by atoms with Gasteiger partial charge in [0, 0.05) is 11.3 Å². The molecule has 0 bridgehead atoms. The molecular weight excluding hydrogens is 238 g/mol. The van der Waals surface area contributed by atoms with Gasteiger partial charge in [-0.25, -0.2) is 0 Å². The summed E-state index contributed by atoms with van der Waals surface area (Å²) in [6.45, 7) is 0. The van der Waals surface area contributed by atoms with Gasteiger partial charge in [0.25, 0.3) is 5.91 Å². The number of hydrogen-bond donors (Lipinski definition) is 2. The largest absolute Gasteiger partial charge is 0.323 e. The van der Waals surface area contributed by atoms with Crippen molar-refractivity contribution < 1.29 is 4.79 Å². The van der Waals surface area contributed by atoms with Crippen molar-refractivity contribution in [2.75, 3.05) is 5.32 Å². The summed E-state index contributed by atoms with van der Waals surface area (Å²) in [5.74, 6) is -0.00502. The van der Waals surface area contributed by atoms with Crippen molar-refractivity contribution in [2.24, 2.45) is 5.10 Å². The molecule has 2 heterocycles. The molecule has 96 valence electrons. The molecule has 1 fully saturated rings. The van der Waals surface area contributed by atoms with Crippen LogP contribution < -0.4 is 10.7 Å². The highest BCUT2D eigenvalue weighted by Crippen LogP contribution is 2.39. The number of nitrogens with one attached hydrogen (secondary N) is 2. The van der Waals surface area contributed by atoms with Crippen LogP contribution >= 0.6 is 0 Å². The van der Waals surface area contributed by atoms with Crippen molar-refractivity contribution in [2.45, 2.75) is 31.7 Å². The molecule has 0 spiro atoms. The second kappa shape index (κ2) is 3.95. The fraction of sp³-hybridized carbons (Fsp3) is 0.333. The zero-order valence-electron chi connectivity index (χ0n) is 10.6. The Morgan fingerprint density at radius 1 is 1.16 bits per heavy atom. The summed E-state index contributed by atoms with van der Waals surface area (Å²) in [6.07, 6.45) is 4.43. The SMILES string of the molecule is O=C1Nc2ccccc2C2=C3CCCCC3=NNC12. The Hall–Kier alpha value is -2.10. The number of carbonyl (C=O) groups is 1. The van der Waals surface area contributed by atoms with Gasteiger partial charge < -0.3 is 5.32 Å². The van der Waals surface area contributed by atoms with E-state index < -0.39 is 0 Å². The lowest BCUT2D eigenvalue weighted by Crippen LogP contribution is -2.46. The number of rotatable bonds is 0. The molecule has 0 saturated heterocycles. The van der Waals surface area contributed by atoms with Gasteiger partial charge in [0.15, 0.2) is 0 Å². The average Bonchev–Trinajstić information content (AvgIpc) is 2.47. The Bertz CT molecular complexity index is 630. The van der Waals surface area contributed by atoms with Crippen molar-refractivity contribution >= 4 is 22.9 Å². The van der Waals surface area contributed by atoms with Gasteiger partial charge >= 0.3 is 0 Å². The molecular formula is C15H15N3O. The van der Waals surface area contributed by atoms with Crippen LogP contribution in [0.15, 0.2) is 34.9 Å². The summed E-state index contributed by atoms with van der Waals surface area (Å²) in [4.78, 5) is 12.2. The third-order valence-corrected chi connectivity index (χ3v) is 4.12. The highest BCUT2D eigenvalue weighted by molar-refractivity contribution is 6.18. The van der Waals surface area contributed by atoms with E-state index in [4.69, 9.17) is 0 Å². The normalized spacial score (nSPS) is 24.5. The Balaban J connectivity index is 1.96. The summed E-state index contributed by atoms with van der Waals surface area (Å²) in [5.41, 5.74) is 8.66. The number of nitrogens with zero attached hydrogens (tertiary/aromatic N) is 1. The van der Waals surface area contributed by atoms with Gasteiger partial charge in [0.2, 0.25) is 0 Å². The molecule has 1 atom stereocenters. The Morgan fingerprint density at radius 3 is 2.95 bits per heavy atom. The van der Waals surface area contributed by atoms with Crippen LogP contribution in [0.4, 0.5) is 5.69 Å². The molecule has 4 rings (SSSR count). The van der Waals surface area contributed by atoms with Crippen LogP contribution in [0.25, 0.3) is 5.57 Å². The average molecular weight is 253 g/mol. The number of hydrogen-bond acceptors (Lipinski definition) is 3. The molecule has 1 aliphatic carbocycles. The van der Waals surface area contributed by atoms with E-state index in [9.17, 15) is 4.79 Å². The van der Waals surface area contributed by atoms with Gasteiger partial charge in [-0.3, -0.25) is 10.2 Å². The Morgan fingerprint density at radius 2 is 2.00 bits per heavy atom. The highest BCUT2D eigenvalue weighted by Gasteiger charge is 2.36. The summed E-state index contributed by atoms with van der Waals surface area (Å²) >= 11 is 0. The molecule has 19 heavy (non-hydrogen) atoms. The zero-order chi connectivity index (χ0) is 12.8. The monoisotopic (exact) mass is 253 g/mol. The van der Waals surface area contributed by atoms with Crippen LogP contribution in [-0.4, -0.2) is 17.7 Å². The maximum atomic E-state index is 12.2. The minimum Gasteiger partial charge on any atom is -0.323 e. The van der Waals surface area contributed by atoms with Gasteiger partial charge in [-0.1, -0.05) is 18.2 Å². The Kier molecular flexibility index (Phi) is 2.24. The number of amides is 1. The van der Waals surface area contributed by atoms with Crippen molar-refractivity contribution in [1.82, 2.24) is 5.43 Å². The van der Waals surface area contributed by atoms with E-state index in [1.807, 2.05) is 18.2 Å². The van der Waals surface area contributed by atoms with Crippen LogP contribution in [0.1, 0.15) is 31.2 Å². The first kappa shape index (κ1) is 10.8. The highest BCUT2D eigenvalue weighted by atomic mass is 16.2. The summed E-state index contributed by atoms with van der Waals surface area (Å²) < 4.78 is 0. The van der Waals surface area contributed by atoms with E-state index in [1.54, 1.807) is 0 Å². The summed E-state index contributed by atoms with van der Waals surface area (Å²) in [6, 6.07) is 7.70. The fourth-order valence-electron chi connectivity index (χ4n) is 3.22. The summed E-state index contributed by atoms with van der Waals surface area (Å²) in [5, 5.41) is 7.36. The number of hydrazone groups is 1. The van der Waals surface area contributed by atoms with Gasteiger partial charge in [-0.2, -0.15) is 5.10 Å². The van der Waals surface area contributed by atoms with E-state index in [1.165, 1.54) is 18.4 Å². The minimum atomic E-state index is -0.327. The van der Waals surface area contributed by atoms with E-state index in [0.717, 1.165) is 35.4 Å². The van der Waals surface area contributed by atoms with Crippen LogP contribution in [0, 0.1) is 0 Å². The second-order valence-corrected chi connectivity index (χ2v) is 5.25. The number of para-hydroxylation sites is 1. The molecule has 1 saturated carbocycles. The van der Waals surface area contributed by atoms with Gasteiger partial charge in [0.1, 0.15) is 6.04 Å². The van der Waals surface area contributed by atoms with Gasteiger partial charge in [-0.15, -0.1) is 0 Å². The van der Waals surface area contributed by atoms with Crippen LogP contribution in [0.2, 0.25) is 0 Å². The van der Waals surface area contributed by atoms with Crippen LogP contribution in [0.5, 0.6) is 0 Å². The lowest BCUT2D eigenvalue weighted by atomic mass is 9.81. The molecule has 0 aromatic heterocycles. The first-order chi connectivity index (χ1) is 9.34. The van der Waals surface area contributed by atoms with Gasteiger partial charge in [-0.05, 0) is 42.9 Å². The van der Waals surface area contributed by atoms with E-state index in [-0.39, 0.29) is 11.9 Å². The minimum absolute atomic E-state index is 0.00502. The predicted octanol–water partition coefficient (Wildman–Crippen LogP) is 2.29. The third kappa shape index (κ3) is 1.52. The number of anilines is 1. The third-order valence-electron chi connectivity index (χ3n) is 4.12. The van der Waals surface area contributed by atoms with Crippen LogP contribution in [-0.2, 0) is 4.79 Å². The smallest absolute Gasteiger partial charge is 0.253 e. The first-order valence-corrected chi connectivity index (χ1v) is 6.80. The lowest BCUT2D eigenvalue weighted by molar-refractivity contribution is -0.117. The van der Waals surface area contributed by atoms with Crippen molar-refractivity contribution in [3.8, 4) is 0 Å². The molecule has 4 heteroatoms. The molecule has 3 aliphatic rings. The standard InChI is InChI=1S/C15H15N3O/c19-15-14-13(9-5-1-3-7-11(9)16-15)10-6-2-4-8-12(10)17-18-14/h1,3,5,7,14,18H,2,4,6,8H2,(H,16,19). The number of benzene rings is 1. The van der Waals surface area contributed by atoms with E-state index in [2.05, 4.69) is 21.9 Å². The van der Waals surface area contributed by atoms with E-state index in [0.29, 0.717) is 0 Å². The molecule has 1 aromatic carbocycles. The number of fused-ring (bicyclic) bond motifs is 4. The zero-order valence-corrected chi connectivity index (χ0v) is 10.6. The molecule has 1 aromatic rings. The first-order valence-electron chi connectivity index (χ1n) is 6.80. The molecule has 4 nitrogen and oxygen atoms in total. The molecule has 1 unspecified atom stereocenters. The van der Waals surface area contributed by atoms with Crippen molar-refractivity contribution in [1.29, 1.82) is 0 Å². The van der Waals surface area contributed by atoms with E-state index >= 15 is 0 Å². The second-order valence-electron chi connectivity index (χ2n) is 5.25. The van der Waals surface area contributed by atoms with Gasteiger partial charge in [0.05, 0.1) is 5.71 Å². The molecule has 0 radical (unpaired) electrons. The molecule has 1 amide bonds. The van der Waals surface area contributed by atoms with Crippen molar-refractivity contribution in [3.63, 3.8) is 0 Å². The molecule has 2 aliphatic heterocycles. The summed E-state index contributed by atoms with van der Waals surface area (Å²) in [7, 11) is 0. The maximum Gasteiger partial charge on any atom is 0.253 e. The molecule has 2 N–H and O–H groups in total. The number of carbonyl (C=O) groups excluding carboxylic acids is 1. The quantitative estimate of drug-likeness (QED) is 0.745. The fourth-order valence-corrected chi connectivity index (χ4v) is 3.22. The number of allylic oxidation sites excluding steroid dienone is 1. The topological polar surface area (TPSA) is 53.5 Å².